The average Bonchev–Trinajstić information content (AvgIpc) is 3.23. The van der Waals surface area contributed by atoms with E-state index in [0.717, 1.165) is 56.5 Å². The highest BCUT2D eigenvalue weighted by molar-refractivity contribution is 7.89. The van der Waals surface area contributed by atoms with E-state index < -0.39 is 10.0 Å². The first kappa shape index (κ1) is 25.2. The number of aromatic nitrogens is 1. The summed E-state index contributed by atoms with van der Waals surface area (Å²) in [6.45, 7) is 10.2. The van der Waals surface area contributed by atoms with Crippen molar-refractivity contribution in [1.82, 2.24) is 24.0 Å². The number of piperidine rings is 1. The number of hydrogen-bond donors (Lipinski definition) is 1. The first-order valence-electron chi connectivity index (χ1n) is 12.7. The number of piperazine rings is 1. The molecule has 9 heteroatoms. The Bertz CT molecular complexity index is 1080. The maximum absolute atomic E-state index is 13.3. The van der Waals surface area contributed by atoms with Gasteiger partial charge in [0.05, 0.1) is 10.8 Å². The van der Waals surface area contributed by atoms with Crippen LogP contribution in [0.4, 0.5) is 0 Å². The van der Waals surface area contributed by atoms with Crippen LogP contribution < -0.4 is 5.32 Å². The molecule has 2 aliphatic rings. The lowest BCUT2D eigenvalue weighted by Crippen LogP contribution is -2.47. The Labute approximate surface area is 203 Å². The van der Waals surface area contributed by atoms with Crippen LogP contribution in [0.25, 0.3) is 10.9 Å². The largest absolute Gasteiger partial charge is 0.356 e. The monoisotopic (exact) mass is 489 g/mol. The molecule has 1 N–H and O–H groups in total. The molecule has 2 aliphatic heterocycles. The minimum atomic E-state index is -3.63. The fourth-order valence-electron chi connectivity index (χ4n) is 5.16. The van der Waals surface area contributed by atoms with E-state index >= 15 is 0 Å². The van der Waals surface area contributed by atoms with Crippen molar-refractivity contribution in [3.63, 3.8) is 0 Å². The molecule has 0 saturated carbocycles. The Morgan fingerprint density at radius 2 is 1.79 bits per heavy atom. The van der Waals surface area contributed by atoms with E-state index in [9.17, 15) is 13.2 Å². The lowest BCUT2D eigenvalue weighted by atomic mass is 9.99. The van der Waals surface area contributed by atoms with Crippen LogP contribution in [-0.2, 0) is 21.9 Å². The Kier molecular flexibility index (Phi) is 8.29. The molecule has 2 aromatic rings. The highest BCUT2D eigenvalue weighted by Gasteiger charge is 2.33. The molecule has 4 rings (SSSR count). The molecule has 1 amide bonds. The molecule has 34 heavy (non-hydrogen) atoms. The van der Waals surface area contributed by atoms with Crippen molar-refractivity contribution in [3.8, 4) is 0 Å². The van der Waals surface area contributed by atoms with E-state index in [4.69, 9.17) is 0 Å². The summed E-state index contributed by atoms with van der Waals surface area (Å²) in [5, 5.41) is 3.96. The average molecular weight is 490 g/mol. The number of carbonyl (C=O) groups is 1. The molecular formula is C25H39N5O3S. The molecule has 0 unspecified atom stereocenters. The number of carbonyl (C=O) groups excluding carboxylic acids is 1. The number of benzene rings is 1. The summed E-state index contributed by atoms with van der Waals surface area (Å²) < 4.78 is 30.0. The summed E-state index contributed by atoms with van der Waals surface area (Å²) in [6, 6.07) is 7.17. The second kappa shape index (κ2) is 11.2. The van der Waals surface area contributed by atoms with Crippen LogP contribution in [0.5, 0.6) is 0 Å². The molecule has 1 atom stereocenters. The minimum absolute atomic E-state index is 0.0221. The Morgan fingerprint density at radius 1 is 1.06 bits per heavy atom. The predicted octanol–water partition coefficient (Wildman–Crippen LogP) is 2.11. The van der Waals surface area contributed by atoms with Gasteiger partial charge in [-0.1, -0.05) is 6.92 Å². The van der Waals surface area contributed by atoms with Crippen molar-refractivity contribution in [2.45, 2.75) is 37.5 Å². The van der Waals surface area contributed by atoms with Crippen LogP contribution >= 0.6 is 0 Å². The topological polar surface area (TPSA) is 77.9 Å². The fraction of sp³-hybridized carbons (Fsp3) is 0.640. The number of fused-ring (bicyclic) bond motifs is 1. The molecule has 3 heterocycles. The van der Waals surface area contributed by atoms with Crippen LogP contribution in [0.1, 0.15) is 32.6 Å². The summed E-state index contributed by atoms with van der Waals surface area (Å²) in [6.07, 6.45) is 5.48. The number of aryl methyl sites for hydroxylation is 1. The second-order valence-corrected chi connectivity index (χ2v) is 11.6. The summed E-state index contributed by atoms with van der Waals surface area (Å²) >= 11 is 0. The number of nitrogens with zero attached hydrogens (tertiary/aromatic N) is 4. The quantitative estimate of drug-likeness (QED) is 0.546. The molecule has 8 nitrogen and oxygen atoms in total. The van der Waals surface area contributed by atoms with Gasteiger partial charge in [-0.25, -0.2) is 8.42 Å². The van der Waals surface area contributed by atoms with Gasteiger partial charge in [0.15, 0.2) is 0 Å². The maximum Gasteiger partial charge on any atom is 0.243 e. The van der Waals surface area contributed by atoms with Crippen molar-refractivity contribution in [1.29, 1.82) is 0 Å². The Morgan fingerprint density at radius 3 is 2.53 bits per heavy atom. The molecule has 0 bridgehead atoms. The van der Waals surface area contributed by atoms with Crippen molar-refractivity contribution in [2.24, 2.45) is 13.0 Å². The van der Waals surface area contributed by atoms with E-state index in [2.05, 4.69) is 22.0 Å². The minimum Gasteiger partial charge on any atom is -0.356 e. The molecule has 0 radical (unpaired) electrons. The van der Waals surface area contributed by atoms with Crippen molar-refractivity contribution in [3.05, 3.63) is 30.5 Å². The maximum atomic E-state index is 13.3. The number of amides is 1. The highest BCUT2D eigenvalue weighted by Crippen LogP contribution is 2.26. The van der Waals surface area contributed by atoms with E-state index in [0.29, 0.717) is 24.4 Å². The number of hydrogen-bond acceptors (Lipinski definition) is 5. The normalized spacial score (nSPS) is 21.2. The zero-order valence-electron chi connectivity index (χ0n) is 20.6. The van der Waals surface area contributed by atoms with Gasteiger partial charge >= 0.3 is 0 Å². The van der Waals surface area contributed by atoms with Gasteiger partial charge in [0, 0.05) is 70.0 Å². The predicted molar refractivity (Wildman–Crippen MR) is 135 cm³/mol. The third kappa shape index (κ3) is 5.82. The summed E-state index contributed by atoms with van der Waals surface area (Å²) in [4.78, 5) is 18.1. The van der Waals surface area contributed by atoms with Crippen LogP contribution in [0.3, 0.4) is 0 Å². The van der Waals surface area contributed by atoms with Gasteiger partial charge in [0.2, 0.25) is 15.9 Å². The Balaban J connectivity index is 1.25. The first-order chi connectivity index (χ1) is 16.4. The van der Waals surface area contributed by atoms with Crippen LogP contribution in [0, 0.1) is 5.92 Å². The third-order valence-corrected chi connectivity index (χ3v) is 9.07. The van der Waals surface area contributed by atoms with Gasteiger partial charge in [-0.2, -0.15) is 4.31 Å². The molecule has 0 aliphatic carbocycles. The first-order valence-corrected chi connectivity index (χ1v) is 14.1. The summed E-state index contributed by atoms with van der Waals surface area (Å²) in [5.74, 6) is -0.312. The number of rotatable bonds is 9. The van der Waals surface area contributed by atoms with Crippen molar-refractivity contribution < 1.29 is 13.2 Å². The number of sulfonamides is 1. The Hall–Kier alpha value is -1.94. The zero-order chi connectivity index (χ0) is 24.1. The van der Waals surface area contributed by atoms with Crippen LogP contribution in [0.15, 0.2) is 35.4 Å². The molecule has 1 aromatic heterocycles. The molecule has 1 aromatic carbocycles. The van der Waals surface area contributed by atoms with Crippen molar-refractivity contribution >= 4 is 26.8 Å². The lowest BCUT2D eigenvalue weighted by Gasteiger charge is -2.34. The van der Waals surface area contributed by atoms with Gasteiger partial charge < -0.3 is 19.7 Å². The van der Waals surface area contributed by atoms with Gasteiger partial charge in [-0.3, -0.25) is 4.79 Å². The fourth-order valence-corrected chi connectivity index (χ4v) is 6.71. The molecule has 2 fully saturated rings. The molecular weight excluding hydrogens is 450 g/mol. The van der Waals surface area contributed by atoms with Gasteiger partial charge in [-0.15, -0.1) is 0 Å². The SMILES string of the molecule is CCCN1CCN(CCCNC(=O)[C@@H]2CCCN(S(=O)(=O)c3ccc4c(ccn4C)c3)C2)CC1. The highest BCUT2D eigenvalue weighted by atomic mass is 32.2. The van der Waals surface area contributed by atoms with Crippen molar-refractivity contribution in [2.75, 3.05) is 58.9 Å². The van der Waals surface area contributed by atoms with E-state index in [1.807, 2.05) is 29.9 Å². The van der Waals surface area contributed by atoms with Gasteiger partial charge in [0.25, 0.3) is 0 Å². The summed E-state index contributed by atoms with van der Waals surface area (Å²) in [5.41, 5.74) is 0.998. The van der Waals surface area contributed by atoms with Gasteiger partial charge in [-0.05, 0) is 63.0 Å². The molecule has 2 saturated heterocycles. The van der Waals surface area contributed by atoms with E-state index in [-0.39, 0.29) is 18.4 Å². The lowest BCUT2D eigenvalue weighted by molar-refractivity contribution is -0.126. The standard InChI is InChI=1S/C25H39N5O3S/c1-3-11-28-15-17-29(18-16-28)12-5-10-26-25(31)22-6-4-13-30(20-22)34(32,33)23-7-8-24-21(19-23)9-14-27(24)2/h7-9,14,19,22H,3-6,10-13,15-18,20H2,1-2H3,(H,26,31)/t22-/m1/s1. The van der Waals surface area contributed by atoms with Crippen LogP contribution in [-0.4, -0.2) is 91.9 Å². The smallest absolute Gasteiger partial charge is 0.243 e. The molecule has 0 spiro atoms. The number of nitrogens with one attached hydrogen (secondary N) is 1. The zero-order valence-corrected chi connectivity index (χ0v) is 21.4. The molecule has 188 valence electrons. The van der Waals surface area contributed by atoms with Gasteiger partial charge in [0.1, 0.15) is 0 Å². The second-order valence-electron chi connectivity index (χ2n) is 9.68. The third-order valence-electron chi connectivity index (χ3n) is 7.20. The van der Waals surface area contributed by atoms with E-state index in [1.165, 1.54) is 17.3 Å². The summed E-state index contributed by atoms with van der Waals surface area (Å²) in [7, 11) is -1.68. The van der Waals surface area contributed by atoms with Crippen LogP contribution in [0.2, 0.25) is 0 Å². The van der Waals surface area contributed by atoms with E-state index in [1.54, 1.807) is 12.1 Å².